The Hall–Kier alpha value is -3.84. The van der Waals surface area contributed by atoms with E-state index in [1.165, 1.54) is 30.3 Å². The fourth-order valence-corrected chi connectivity index (χ4v) is 4.93. The molecule has 0 fully saturated rings. The Morgan fingerprint density at radius 2 is 1.32 bits per heavy atom. The summed E-state index contributed by atoms with van der Waals surface area (Å²) in [5.74, 6) is 0.260. The minimum absolute atomic E-state index is 0.00102. The summed E-state index contributed by atoms with van der Waals surface area (Å²) in [7, 11) is 0. The fourth-order valence-electron chi connectivity index (χ4n) is 4.31. The number of anilines is 1. The lowest BCUT2D eigenvalue weighted by Crippen LogP contribution is -2.28. The summed E-state index contributed by atoms with van der Waals surface area (Å²) in [5.41, 5.74) is -4.90. The third-order valence-corrected chi connectivity index (χ3v) is 7.09. The van der Waals surface area contributed by atoms with E-state index in [2.05, 4.69) is 0 Å². The van der Waals surface area contributed by atoms with Gasteiger partial charge in [-0.3, -0.25) is 0 Å². The van der Waals surface area contributed by atoms with Crippen molar-refractivity contribution < 1.29 is 49.4 Å². The number of hydrogen-bond donors (Lipinski definition) is 1. The maximum absolute atomic E-state index is 13.1. The zero-order valence-electron chi connectivity index (χ0n) is 22.5. The summed E-state index contributed by atoms with van der Waals surface area (Å²) in [6.45, 7) is -0.363. The molecule has 1 atom stereocenters. The van der Waals surface area contributed by atoms with Gasteiger partial charge in [0, 0.05) is 29.7 Å². The first-order chi connectivity index (χ1) is 20.6. The number of benzene rings is 4. The number of thioether (sulfide) groups is 1. The summed E-state index contributed by atoms with van der Waals surface area (Å²) in [6.07, 6.45) is -10.4. The van der Waals surface area contributed by atoms with Crippen molar-refractivity contribution in [1.29, 1.82) is 0 Å². The van der Waals surface area contributed by atoms with Gasteiger partial charge < -0.3 is 14.7 Å². The number of rotatable bonds is 10. The quantitative estimate of drug-likeness (QED) is 0.138. The number of nitrogens with zero attached hydrogens (tertiary/aromatic N) is 1. The summed E-state index contributed by atoms with van der Waals surface area (Å²) in [5, 5.41) is 10.9. The van der Waals surface area contributed by atoms with Gasteiger partial charge in [-0.05, 0) is 77.0 Å². The van der Waals surface area contributed by atoms with Crippen molar-refractivity contribution >= 4 is 17.4 Å². The summed E-state index contributed by atoms with van der Waals surface area (Å²) in [6, 6.07) is 20.6. The number of halogens is 9. The van der Waals surface area contributed by atoms with Crippen LogP contribution in [0.2, 0.25) is 0 Å². The van der Waals surface area contributed by atoms with Crippen LogP contribution in [0.3, 0.4) is 0 Å². The van der Waals surface area contributed by atoms with Gasteiger partial charge in [-0.2, -0.15) is 39.5 Å². The Morgan fingerprint density at radius 1 is 0.682 bits per heavy atom. The molecule has 1 unspecified atom stereocenters. The molecule has 0 aromatic heterocycles. The molecule has 0 saturated carbocycles. The van der Waals surface area contributed by atoms with Crippen LogP contribution in [0.5, 0.6) is 5.75 Å². The van der Waals surface area contributed by atoms with Crippen molar-refractivity contribution in [2.24, 2.45) is 0 Å². The molecule has 0 aliphatic rings. The van der Waals surface area contributed by atoms with Crippen LogP contribution in [-0.4, -0.2) is 17.2 Å². The summed E-state index contributed by atoms with van der Waals surface area (Å²) < 4.78 is 123. The van der Waals surface area contributed by atoms with Crippen LogP contribution in [0, 0.1) is 0 Å². The highest BCUT2D eigenvalue weighted by molar-refractivity contribution is 8.00. The fraction of sp³-hybridized carbons (Fsp3) is 0.226. The van der Waals surface area contributed by atoms with Gasteiger partial charge in [0.2, 0.25) is 0 Å². The van der Waals surface area contributed by atoms with Gasteiger partial charge in [0.1, 0.15) is 12.4 Å². The maximum Gasteiger partial charge on any atom is 0.446 e. The molecule has 0 aliphatic heterocycles. The maximum atomic E-state index is 13.1. The van der Waals surface area contributed by atoms with Crippen LogP contribution in [0.25, 0.3) is 0 Å². The first-order valence-electron chi connectivity index (χ1n) is 12.9. The minimum Gasteiger partial charge on any atom is -0.489 e. The molecule has 4 aromatic rings. The minimum atomic E-state index is -4.57. The summed E-state index contributed by atoms with van der Waals surface area (Å²) in [4.78, 5) is 1.55. The predicted molar refractivity (Wildman–Crippen MR) is 148 cm³/mol. The Balaban J connectivity index is 1.58. The normalized spacial score (nSPS) is 13.0. The number of ether oxygens (including phenoxy) is 1. The highest BCUT2D eigenvalue weighted by atomic mass is 32.2. The van der Waals surface area contributed by atoms with Gasteiger partial charge in [-0.1, -0.05) is 42.5 Å². The third kappa shape index (κ3) is 9.58. The van der Waals surface area contributed by atoms with E-state index in [0.717, 1.165) is 36.4 Å². The topological polar surface area (TPSA) is 32.7 Å². The molecule has 0 bridgehead atoms. The van der Waals surface area contributed by atoms with Crippen molar-refractivity contribution in [1.82, 2.24) is 0 Å². The molecular formula is C31H24F9NO2S. The Bertz CT molecular complexity index is 1540. The van der Waals surface area contributed by atoms with Gasteiger partial charge in [-0.15, -0.1) is 0 Å². The highest BCUT2D eigenvalue weighted by Crippen LogP contribution is 2.37. The van der Waals surface area contributed by atoms with Crippen LogP contribution in [0.1, 0.15) is 33.9 Å². The van der Waals surface area contributed by atoms with Crippen LogP contribution in [0.15, 0.2) is 102 Å². The molecule has 44 heavy (non-hydrogen) atoms. The molecule has 0 aliphatic carbocycles. The first-order valence-corrected chi connectivity index (χ1v) is 13.7. The van der Waals surface area contributed by atoms with Gasteiger partial charge >= 0.3 is 17.9 Å². The van der Waals surface area contributed by atoms with Gasteiger partial charge in [-0.25, -0.2) is 0 Å². The number of alkyl halides is 9. The van der Waals surface area contributed by atoms with Gasteiger partial charge in [0.05, 0.1) is 17.2 Å². The molecule has 4 rings (SSSR count). The Kier molecular flexibility index (Phi) is 10.1. The number of aliphatic hydroxyl groups excluding tert-OH is 1. The lowest BCUT2D eigenvalue weighted by atomic mass is 10.1. The molecule has 0 radical (unpaired) electrons. The predicted octanol–water partition coefficient (Wildman–Crippen LogP) is 9.66. The zero-order chi connectivity index (χ0) is 32.1. The van der Waals surface area contributed by atoms with Gasteiger partial charge in [0.25, 0.3) is 0 Å². The lowest BCUT2D eigenvalue weighted by molar-refractivity contribution is -0.138. The van der Waals surface area contributed by atoms with Crippen molar-refractivity contribution in [2.75, 3.05) is 11.4 Å². The van der Waals surface area contributed by atoms with Crippen LogP contribution >= 0.6 is 11.8 Å². The van der Waals surface area contributed by atoms with E-state index in [-0.39, 0.29) is 53.2 Å². The van der Waals surface area contributed by atoms with E-state index < -0.39 is 35.1 Å². The second-order valence-electron chi connectivity index (χ2n) is 9.70. The second-order valence-corrected chi connectivity index (χ2v) is 10.8. The van der Waals surface area contributed by atoms with Crippen LogP contribution in [-0.2, 0) is 25.5 Å². The SMILES string of the molecule is OC(CN(Cc1cccc(SC(F)(F)F)c1)c1cccc(OCc2cccc(C(F)(F)F)c2)c1)c1ccc(C(F)(F)F)cc1. The van der Waals surface area contributed by atoms with E-state index >= 15 is 0 Å². The molecule has 1 N–H and O–H groups in total. The zero-order valence-corrected chi connectivity index (χ0v) is 23.4. The van der Waals surface area contributed by atoms with Crippen molar-refractivity contribution in [3.8, 4) is 5.75 Å². The van der Waals surface area contributed by atoms with Crippen molar-refractivity contribution in [3.63, 3.8) is 0 Å². The number of aliphatic hydroxyl groups is 1. The monoisotopic (exact) mass is 645 g/mol. The largest absolute Gasteiger partial charge is 0.489 e. The lowest BCUT2D eigenvalue weighted by Gasteiger charge is -2.28. The summed E-state index contributed by atoms with van der Waals surface area (Å²) >= 11 is -0.289. The molecule has 4 aromatic carbocycles. The molecule has 234 valence electrons. The molecule has 13 heteroatoms. The number of hydrogen-bond acceptors (Lipinski definition) is 4. The Morgan fingerprint density at radius 3 is 1.98 bits per heavy atom. The third-order valence-electron chi connectivity index (χ3n) is 6.36. The first kappa shape index (κ1) is 33.1. The van der Waals surface area contributed by atoms with Crippen LogP contribution in [0.4, 0.5) is 45.2 Å². The van der Waals surface area contributed by atoms with E-state index in [4.69, 9.17) is 4.74 Å². The molecule has 0 heterocycles. The van der Waals surface area contributed by atoms with E-state index in [1.807, 2.05) is 0 Å². The molecule has 0 spiro atoms. The van der Waals surface area contributed by atoms with Gasteiger partial charge in [0.15, 0.2) is 0 Å². The standard InChI is InChI=1S/C31H24F9NO2S/c32-29(33,34)23-12-10-22(11-13-23)28(42)18-41(17-20-4-2-9-27(15-20)44-31(38,39)40)25-7-3-8-26(16-25)43-19-21-5-1-6-24(14-21)30(35,36)37/h1-16,28,42H,17-19H2. The molecule has 0 saturated heterocycles. The van der Waals surface area contributed by atoms with E-state index in [1.54, 1.807) is 35.2 Å². The Labute approximate surface area is 250 Å². The van der Waals surface area contributed by atoms with Crippen molar-refractivity contribution in [3.05, 3.63) is 125 Å². The second kappa shape index (κ2) is 13.4. The average Bonchev–Trinajstić information content (AvgIpc) is 2.94. The highest BCUT2D eigenvalue weighted by Gasteiger charge is 2.32. The molecular weight excluding hydrogens is 621 g/mol. The van der Waals surface area contributed by atoms with E-state index in [9.17, 15) is 44.6 Å². The smallest absolute Gasteiger partial charge is 0.446 e. The molecule has 0 amide bonds. The molecule has 3 nitrogen and oxygen atoms in total. The van der Waals surface area contributed by atoms with Crippen molar-refractivity contribution in [2.45, 2.75) is 42.0 Å². The van der Waals surface area contributed by atoms with E-state index in [0.29, 0.717) is 11.3 Å². The van der Waals surface area contributed by atoms with Crippen LogP contribution < -0.4 is 9.64 Å². The average molecular weight is 646 g/mol.